The van der Waals surface area contributed by atoms with Crippen LogP contribution in [0, 0.1) is 0 Å². The molecule has 0 saturated carbocycles. The van der Waals surface area contributed by atoms with Crippen molar-refractivity contribution in [1.82, 2.24) is 4.31 Å². The van der Waals surface area contributed by atoms with Crippen molar-refractivity contribution in [2.24, 2.45) is 0 Å². The van der Waals surface area contributed by atoms with Crippen molar-refractivity contribution >= 4 is 16.0 Å². The highest BCUT2D eigenvalue weighted by molar-refractivity contribution is 7.89. The monoisotopic (exact) mass is 459 g/mol. The van der Waals surface area contributed by atoms with Gasteiger partial charge in [0.2, 0.25) is 10.0 Å². The quantitative estimate of drug-likeness (QED) is 0.618. The summed E-state index contributed by atoms with van der Waals surface area (Å²) >= 11 is 0. The zero-order valence-corrected chi connectivity index (χ0v) is 17.3. The number of carbonyl (C=O) groups excluding carboxylic acids is 1. The molecule has 1 heterocycles. The van der Waals surface area contributed by atoms with Gasteiger partial charge in [0.15, 0.2) is 0 Å². The summed E-state index contributed by atoms with van der Waals surface area (Å²) in [7, 11) is -2.53. The molecule has 0 aliphatic carbocycles. The number of esters is 1. The number of nitrogens with zero attached hydrogens (tertiary/aromatic N) is 1. The molecular weight excluding hydrogens is 439 g/mol. The Balaban J connectivity index is 1.77. The Morgan fingerprint density at radius 2 is 1.74 bits per heavy atom. The van der Waals surface area contributed by atoms with Crippen LogP contribution >= 0.6 is 0 Å². The molecule has 168 valence electrons. The molecule has 11 heteroatoms. The first kappa shape index (κ1) is 23.0. The molecule has 0 aromatic heterocycles. The SMILES string of the molecule is COc1ccc(S(=O)(=O)N2CCOCC2)cc1C(=O)OCc1ccc(C(F)(F)F)cc1. The molecule has 0 spiro atoms. The number of methoxy groups -OCH3 is 1. The number of rotatable bonds is 6. The molecule has 31 heavy (non-hydrogen) atoms. The van der Waals surface area contributed by atoms with Crippen LogP contribution in [-0.4, -0.2) is 52.1 Å². The van der Waals surface area contributed by atoms with Crippen molar-refractivity contribution in [3.8, 4) is 5.75 Å². The number of morpholine rings is 1. The predicted octanol–water partition coefficient (Wildman–Crippen LogP) is 3.09. The lowest BCUT2D eigenvalue weighted by Gasteiger charge is -2.26. The van der Waals surface area contributed by atoms with Gasteiger partial charge in [-0.2, -0.15) is 17.5 Å². The van der Waals surface area contributed by atoms with Gasteiger partial charge in [-0.05, 0) is 35.9 Å². The Labute approximate surface area is 177 Å². The molecule has 0 N–H and O–H groups in total. The minimum atomic E-state index is -4.46. The molecule has 1 fully saturated rings. The van der Waals surface area contributed by atoms with Gasteiger partial charge in [-0.3, -0.25) is 0 Å². The average Bonchev–Trinajstić information content (AvgIpc) is 2.77. The van der Waals surface area contributed by atoms with Gasteiger partial charge in [0.25, 0.3) is 0 Å². The van der Waals surface area contributed by atoms with Crippen LogP contribution in [0.25, 0.3) is 0 Å². The van der Waals surface area contributed by atoms with Crippen LogP contribution in [-0.2, 0) is 32.3 Å². The summed E-state index contributed by atoms with van der Waals surface area (Å²) in [4.78, 5) is 12.5. The van der Waals surface area contributed by atoms with Gasteiger partial charge in [-0.1, -0.05) is 12.1 Å². The molecule has 0 atom stereocenters. The van der Waals surface area contributed by atoms with Crippen LogP contribution in [0.1, 0.15) is 21.5 Å². The maximum absolute atomic E-state index is 12.8. The molecule has 2 aromatic carbocycles. The van der Waals surface area contributed by atoms with Gasteiger partial charge in [-0.25, -0.2) is 13.2 Å². The maximum atomic E-state index is 12.8. The fourth-order valence-electron chi connectivity index (χ4n) is 2.96. The number of alkyl halides is 3. The van der Waals surface area contributed by atoms with E-state index >= 15 is 0 Å². The second-order valence-electron chi connectivity index (χ2n) is 6.65. The van der Waals surface area contributed by atoms with E-state index in [-0.39, 0.29) is 49.1 Å². The van der Waals surface area contributed by atoms with Gasteiger partial charge in [0.1, 0.15) is 17.9 Å². The van der Waals surface area contributed by atoms with Gasteiger partial charge in [0, 0.05) is 13.1 Å². The molecule has 2 aromatic rings. The lowest BCUT2D eigenvalue weighted by atomic mass is 10.1. The van der Waals surface area contributed by atoms with Crippen molar-refractivity contribution in [2.75, 3.05) is 33.4 Å². The second kappa shape index (κ2) is 9.25. The van der Waals surface area contributed by atoms with Gasteiger partial charge in [-0.15, -0.1) is 0 Å². The normalized spacial score (nSPS) is 15.5. The number of benzene rings is 2. The number of carbonyl (C=O) groups is 1. The second-order valence-corrected chi connectivity index (χ2v) is 8.59. The van der Waals surface area contributed by atoms with E-state index in [4.69, 9.17) is 14.2 Å². The van der Waals surface area contributed by atoms with E-state index in [1.165, 1.54) is 41.7 Å². The number of hydrogen-bond donors (Lipinski definition) is 0. The summed E-state index contributed by atoms with van der Waals surface area (Å²) in [6.45, 7) is 0.652. The van der Waals surface area contributed by atoms with Crippen molar-refractivity contribution in [3.63, 3.8) is 0 Å². The zero-order chi connectivity index (χ0) is 22.6. The Kier molecular flexibility index (Phi) is 6.87. The Morgan fingerprint density at radius 3 is 2.32 bits per heavy atom. The molecule has 7 nitrogen and oxygen atoms in total. The Bertz CT molecular complexity index is 1030. The number of sulfonamides is 1. The average molecular weight is 459 g/mol. The van der Waals surface area contributed by atoms with Crippen LogP contribution < -0.4 is 4.74 Å². The first-order valence-corrected chi connectivity index (χ1v) is 10.7. The highest BCUT2D eigenvalue weighted by Crippen LogP contribution is 2.29. The Hall–Kier alpha value is -2.63. The van der Waals surface area contributed by atoms with E-state index < -0.39 is 27.7 Å². The van der Waals surface area contributed by atoms with Gasteiger partial charge in [0.05, 0.1) is 30.8 Å². The molecule has 1 saturated heterocycles. The molecule has 0 amide bonds. The van der Waals surface area contributed by atoms with E-state index in [1.54, 1.807) is 0 Å². The third kappa shape index (κ3) is 5.35. The predicted molar refractivity (Wildman–Crippen MR) is 103 cm³/mol. The maximum Gasteiger partial charge on any atom is 0.416 e. The number of hydrogen-bond acceptors (Lipinski definition) is 6. The van der Waals surface area contributed by atoms with Crippen molar-refractivity contribution in [1.29, 1.82) is 0 Å². The highest BCUT2D eigenvalue weighted by Gasteiger charge is 2.30. The minimum Gasteiger partial charge on any atom is -0.496 e. The molecule has 0 unspecified atom stereocenters. The zero-order valence-electron chi connectivity index (χ0n) is 16.5. The van der Waals surface area contributed by atoms with Crippen LogP contribution in [0.3, 0.4) is 0 Å². The fourth-order valence-corrected chi connectivity index (χ4v) is 4.39. The van der Waals surface area contributed by atoms with Crippen molar-refractivity contribution < 1.29 is 40.6 Å². The first-order valence-electron chi connectivity index (χ1n) is 9.22. The van der Waals surface area contributed by atoms with Crippen LogP contribution in [0.4, 0.5) is 13.2 Å². The fraction of sp³-hybridized carbons (Fsp3) is 0.350. The summed E-state index contributed by atoms with van der Waals surface area (Å²) in [6, 6.07) is 8.02. The molecule has 0 bridgehead atoms. The Morgan fingerprint density at radius 1 is 1.10 bits per heavy atom. The summed E-state index contributed by atoms with van der Waals surface area (Å²) in [6.07, 6.45) is -4.46. The topological polar surface area (TPSA) is 82.1 Å². The minimum absolute atomic E-state index is 0.100. The number of halogens is 3. The van der Waals surface area contributed by atoms with E-state index in [9.17, 15) is 26.4 Å². The molecule has 1 aliphatic heterocycles. The van der Waals surface area contributed by atoms with Crippen LogP contribution in [0.5, 0.6) is 5.75 Å². The standard InChI is InChI=1S/C20H20F3NO6S/c1-28-18-7-6-16(31(26,27)24-8-10-29-11-9-24)12-17(18)19(25)30-13-14-2-4-15(5-3-14)20(21,22)23/h2-7,12H,8-11,13H2,1H3. The lowest BCUT2D eigenvalue weighted by molar-refractivity contribution is -0.137. The summed E-state index contributed by atoms with van der Waals surface area (Å²) in [5.74, 6) is -0.755. The first-order chi connectivity index (χ1) is 14.6. The summed E-state index contributed by atoms with van der Waals surface area (Å²) < 4.78 is 80.3. The van der Waals surface area contributed by atoms with Crippen molar-refractivity contribution in [3.05, 3.63) is 59.2 Å². The molecule has 1 aliphatic rings. The van der Waals surface area contributed by atoms with E-state index in [0.717, 1.165) is 12.1 Å². The lowest BCUT2D eigenvalue weighted by Crippen LogP contribution is -2.40. The smallest absolute Gasteiger partial charge is 0.416 e. The van der Waals surface area contributed by atoms with E-state index in [2.05, 4.69) is 0 Å². The van der Waals surface area contributed by atoms with Gasteiger partial charge >= 0.3 is 12.1 Å². The number of ether oxygens (including phenoxy) is 3. The van der Waals surface area contributed by atoms with Crippen LogP contribution in [0.15, 0.2) is 47.4 Å². The van der Waals surface area contributed by atoms with E-state index in [1.807, 2.05) is 0 Å². The summed E-state index contributed by atoms with van der Waals surface area (Å²) in [5.41, 5.74) is -0.577. The highest BCUT2D eigenvalue weighted by atomic mass is 32.2. The summed E-state index contributed by atoms with van der Waals surface area (Å²) in [5, 5.41) is 0. The van der Waals surface area contributed by atoms with Crippen molar-refractivity contribution in [2.45, 2.75) is 17.7 Å². The van der Waals surface area contributed by atoms with E-state index in [0.29, 0.717) is 5.56 Å². The van der Waals surface area contributed by atoms with Gasteiger partial charge < -0.3 is 14.2 Å². The third-order valence-electron chi connectivity index (χ3n) is 4.65. The molecule has 3 rings (SSSR count). The van der Waals surface area contributed by atoms with Crippen LogP contribution in [0.2, 0.25) is 0 Å². The molecule has 0 radical (unpaired) electrons. The molecular formula is C20H20F3NO6S. The largest absolute Gasteiger partial charge is 0.496 e. The third-order valence-corrected chi connectivity index (χ3v) is 6.54.